The number of anilines is 2. The van der Waals surface area contributed by atoms with Gasteiger partial charge in [-0.15, -0.1) is 0 Å². The van der Waals surface area contributed by atoms with E-state index in [1.165, 1.54) is 16.7 Å². The third-order valence-corrected chi connectivity index (χ3v) is 7.08. The Morgan fingerprint density at radius 2 is 1.21 bits per heavy atom. The van der Waals surface area contributed by atoms with E-state index in [4.69, 9.17) is 0 Å². The van der Waals surface area contributed by atoms with Crippen molar-refractivity contribution in [1.29, 1.82) is 0 Å². The predicted molar refractivity (Wildman–Crippen MR) is 154 cm³/mol. The number of amides is 4. The van der Waals surface area contributed by atoms with Gasteiger partial charge in [0.2, 0.25) is 0 Å². The Kier molecular flexibility index (Phi) is 7.07. The summed E-state index contributed by atoms with van der Waals surface area (Å²) in [5, 5.41) is 0. The van der Waals surface area contributed by atoms with Gasteiger partial charge in [0.25, 0.3) is 11.8 Å². The Balaban J connectivity index is 1.53. The average Bonchev–Trinajstić information content (AvgIpc) is 2.89. The van der Waals surface area contributed by atoms with Crippen LogP contribution in [0.2, 0.25) is 0 Å². The fourth-order valence-electron chi connectivity index (χ4n) is 4.69. The van der Waals surface area contributed by atoms with Gasteiger partial charge >= 0.3 is 6.03 Å². The van der Waals surface area contributed by atoms with Gasteiger partial charge in [0.05, 0.1) is 11.4 Å². The maximum Gasteiger partial charge on any atom is 0.343 e. The first-order valence-electron chi connectivity index (χ1n) is 12.2. The number of benzene rings is 4. The molecule has 0 aromatic heterocycles. The molecule has 0 radical (unpaired) electrons. The summed E-state index contributed by atoms with van der Waals surface area (Å²) in [5.74, 6) is -1.32. The zero-order valence-electron chi connectivity index (χ0n) is 21.0. The quantitative estimate of drug-likeness (QED) is 0.189. The van der Waals surface area contributed by atoms with Crippen LogP contribution in [0.4, 0.5) is 16.2 Å². The minimum atomic E-state index is -0.709. The third-order valence-electron chi connectivity index (χ3n) is 6.34. The van der Waals surface area contributed by atoms with Gasteiger partial charge in [-0.05, 0) is 73.4 Å². The summed E-state index contributed by atoms with van der Waals surface area (Å²) in [6.07, 6.45) is 2.30. The zero-order valence-corrected chi connectivity index (χ0v) is 22.6. The molecule has 1 fully saturated rings. The molecule has 0 saturated carbocycles. The first kappa shape index (κ1) is 25.4. The average molecular weight is 565 g/mol. The number of barbiturate groups is 1. The highest BCUT2D eigenvalue weighted by molar-refractivity contribution is 9.10. The van der Waals surface area contributed by atoms with Gasteiger partial charge in [-0.1, -0.05) is 93.8 Å². The van der Waals surface area contributed by atoms with Crippen molar-refractivity contribution in [2.24, 2.45) is 0 Å². The minimum absolute atomic E-state index is 0.0914. The number of hydrogen-bond donors (Lipinski definition) is 0. The van der Waals surface area contributed by atoms with Crippen molar-refractivity contribution in [3.63, 3.8) is 0 Å². The molecule has 4 amide bonds. The SMILES string of the molecule is Cc1cc(C)cc(Cc2ccc(C=C3C(=O)N(c4ccccc4)C(=O)N(c4ccccc4)C3=O)cc2Br)c1. The number of halogens is 1. The summed E-state index contributed by atoms with van der Waals surface area (Å²) in [7, 11) is 0. The van der Waals surface area contributed by atoms with Crippen LogP contribution in [0.5, 0.6) is 0 Å². The third kappa shape index (κ3) is 5.08. The summed E-state index contributed by atoms with van der Waals surface area (Å²) in [4.78, 5) is 42.7. The van der Waals surface area contributed by atoms with Crippen LogP contribution in [0.3, 0.4) is 0 Å². The predicted octanol–water partition coefficient (Wildman–Crippen LogP) is 7.24. The normalized spacial score (nSPS) is 13.8. The van der Waals surface area contributed by atoms with E-state index >= 15 is 0 Å². The second kappa shape index (κ2) is 10.6. The highest BCUT2D eigenvalue weighted by Crippen LogP contribution is 2.30. The van der Waals surface area contributed by atoms with E-state index in [2.05, 4.69) is 48.0 Å². The lowest BCUT2D eigenvalue weighted by Gasteiger charge is -2.33. The lowest BCUT2D eigenvalue weighted by molar-refractivity contribution is -0.121. The van der Waals surface area contributed by atoms with Crippen molar-refractivity contribution in [3.05, 3.63) is 135 Å². The maximum absolute atomic E-state index is 13.6. The van der Waals surface area contributed by atoms with E-state index in [9.17, 15) is 14.4 Å². The molecule has 188 valence electrons. The molecular formula is C32H25BrN2O3. The Morgan fingerprint density at radius 3 is 1.71 bits per heavy atom. The molecule has 0 unspecified atom stereocenters. The summed E-state index contributed by atoms with van der Waals surface area (Å²) in [6.45, 7) is 4.17. The van der Waals surface area contributed by atoms with Crippen molar-refractivity contribution in [3.8, 4) is 0 Å². The number of carbonyl (C=O) groups is 3. The number of carbonyl (C=O) groups excluding carboxylic acids is 3. The lowest BCUT2D eigenvalue weighted by Crippen LogP contribution is -2.57. The van der Waals surface area contributed by atoms with Gasteiger partial charge in [-0.3, -0.25) is 9.59 Å². The van der Waals surface area contributed by atoms with Crippen molar-refractivity contribution in [2.75, 3.05) is 9.80 Å². The van der Waals surface area contributed by atoms with Crippen molar-refractivity contribution in [1.82, 2.24) is 0 Å². The summed E-state index contributed by atoms with van der Waals surface area (Å²) < 4.78 is 0.873. The van der Waals surface area contributed by atoms with Gasteiger partial charge < -0.3 is 0 Å². The Labute approximate surface area is 230 Å². The van der Waals surface area contributed by atoms with E-state index in [0.717, 1.165) is 26.3 Å². The number of hydrogen-bond acceptors (Lipinski definition) is 3. The molecule has 0 spiro atoms. The van der Waals surface area contributed by atoms with Crippen LogP contribution in [0, 0.1) is 13.8 Å². The van der Waals surface area contributed by atoms with E-state index in [-0.39, 0.29) is 5.57 Å². The van der Waals surface area contributed by atoms with E-state index < -0.39 is 17.8 Å². The number of urea groups is 1. The van der Waals surface area contributed by atoms with Gasteiger partial charge in [-0.2, -0.15) is 0 Å². The van der Waals surface area contributed by atoms with Gasteiger partial charge in [0.15, 0.2) is 0 Å². The Bertz CT molecular complexity index is 1500. The zero-order chi connectivity index (χ0) is 26.8. The molecule has 1 aliphatic rings. The topological polar surface area (TPSA) is 57.7 Å². The molecule has 4 aromatic rings. The Hall–Kier alpha value is -4.29. The van der Waals surface area contributed by atoms with E-state index in [1.54, 1.807) is 66.7 Å². The van der Waals surface area contributed by atoms with Crippen LogP contribution in [-0.2, 0) is 16.0 Å². The smallest absolute Gasteiger partial charge is 0.268 e. The summed E-state index contributed by atoms with van der Waals surface area (Å²) in [5.41, 5.74) is 6.10. The van der Waals surface area contributed by atoms with E-state index in [0.29, 0.717) is 16.9 Å². The number of aryl methyl sites for hydroxylation is 2. The van der Waals surface area contributed by atoms with Crippen LogP contribution in [0.1, 0.15) is 27.8 Å². The summed E-state index contributed by atoms with van der Waals surface area (Å²) >= 11 is 3.67. The van der Waals surface area contributed by atoms with Crippen molar-refractivity contribution in [2.45, 2.75) is 20.3 Å². The second-order valence-electron chi connectivity index (χ2n) is 9.32. The first-order chi connectivity index (χ1) is 18.3. The molecule has 6 heteroatoms. The minimum Gasteiger partial charge on any atom is -0.268 e. The molecule has 38 heavy (non-hydrogen) atoms. The fourth-order valence-corrected chi connectivity index (χ4v) is 5.23. The highest BCUT2D eigenvalue weighted by Gasteiger charge is 2.43. The molecule has 5 rings (SSSR count). The molecule has 4 aromatic carbocycles. The number of imide groups is 2. The van der Waals surface area contributed by atoms with Crippen LogP contribution < -0.4 is 9.80 Å². The standard InChI is InChI=1S/C32H25BrN2O3/c1-21-15-22(2)17-24(16-21)18-25-14-13-23(20-29(25)33)19-28-30(36)34(26-9-5-3-6-10-26)32(38)35(31(28)37)27-11-7-4-8-12-27/h3-17,19-20H,18H2,1-2H3. The number of rotatable bonds is 5. The molecule has 1 aliphatic heterocycles. The molecule has 0 bridgehead atoms. The van der Waals surface area contributed by atoms with Crippen LogP contribution in [0.25, 0.3) is 6.08 Å². The number of para-hydroxylation sites is 2. The largest absolute Gasteiger partial charge is 0.343 e. The maximum atomic E-state index is 13.6. The fraction of sp³-hybridized carbons (Fsp3) is 0.0938. The Morgan fingerprint density at radius 1 is 0.684 bits per heavy atom. The second-order valence-corrected chi connectivity index (χ2v) is 10.2. The van der Waals surface area contributed by atoms with Crippen molar-refractivity contribution >= 4 is 51.2 Å². The molecule has 1 heterocycles. The van der Waals surface area contributed by atoms with Gasteiger partial charge in [-0.25, -0.2) is 14.6 Å². The lowest BCUT2D eigenvalue weighted by atomic mass is 9.99. The first-order valence-corrected chi connectivity index (χ1v) is 13.0. The molecule has 0 aliphatic carbocycles. The highest BCUT2D eigenvalue weighted by atomic mass is 79.9. The molecule has 0 atom stereocenters. The van der Waals surface area contributed by atoms with Crippen LogP contribution in [0.15, 0.2) is 107 Å². The van der Waals surface area contributed by atoms with Gasteiger partial charge in [0.1, 0.15) is 5.57 Å². The molecule has 0 N–H and O–H groups in total. The van der Waals surface area contributed by atoms with Crippen molar-refractivity contribution < 1.29 is 14.4 Å². The van der Waals surface area contributed by atoms with Gasteiger partial charge in [0, 0.05) is 4.47 Å². The molecular weight excluding hydrogens is 540 g/mol. The van der Waals surface area contributed by atoms with Crippen LogP contribution >= 0.6 is 15.9 Å². The van der Waals surface area contributed by atoms with Crippen LogP contribution in [-0.4, -0.2) is 17.8 Å². The summed E-state index contributed by atoms with van der Waals surface area (Å²) in [6, 6.07) is 28.8. The van der Waals surface area contributed by atoms with E-state index in [1.807, 2.05) is 18.2 Å². The molecule has 1 saturated heterocycles. The monoisotopic (exact) mass is 564 g/mol. The molecule has 5 nitrogen and oxygen atoms in total. The number of nitrogens with zero attached hydrogens (tertiary/aromatic N) is 2.